The van der Waals surface area contributed by atoms with Crippen LogP contribution in [-0.2, 0) is 0 Å². The Morgan fingerprint density at radius 2 is 1.91 bits per heavy atom. The van der Waals surface area contributed by atoms with E-state index in [2.05, 4.69) is 39.8 Å². The monoisotopic (exact) mass is 309 g/mol. The molecule has 1 aromatic heterocycles. The number of para-hydroxylation sites is 1. The summed E-state index contributed by atoms with van der Waals surface area (Å²) in [5.41, 5.74) is 3.35. The number of H-pyrrole nitrogens is 1. The van der Waals surface area contributed by atoms with Gasteiger partial charge in [-0.1, -0.05) is 30.3 Å². The van der Waals surface area contributed by atoms with Crippen LogP contribution in [0.25, 0.3) is 11.1 Å². The number of nitrogens with zero attached hydrogens (tertiary/aromatic N) is 1. The van der Waals surface area contributed by atoms with Gasteiger partial charge in [0.15, 0.2) is 0 Å². The molecule has 2 aromatic carbocycles. The molecule has 0 unspecified atom stereocenters. The summed E-state index contributed by atoms with van der Waals surface area (Å²) in [6, 6.07) is 16.1. The predicted octanol–water partition coefficient (Wildman–Crippen LogP) is 4.05. The highest BCUT2D eigenvalue weighted by atomic mass is 32.2. The van der Waals surface area contributed by atoms with E-state index in [4.69, 9.17) is 0 Å². The summed E-state index contributed by atoms with van der Waals surface area (Å²) in [7, 11) is 0. The molecule has 0 atom stereocenters. The topological polar surface area (TPSA) is 57.8 Å². The maximum absolute atomic E-state index is 12.2. The minimum atomic E-state index is -0.179. The van der Waals surface area contributed by atoms with Crippen LogP contribution in [0.3, 0.4) is 0 Å². The van der Waals surface area contributed by atoms with Crippen molar-refractivity contribution in [2.75, 3.05) is 11.6 Å². The highest BCUT2D eigenvalue weighted by Gasteiger charge is 2.10. The number of nitrogens with one attached hydrogen (secondary N) is 2. The van der Waals surface area contributed by atoms with Crippen molar-refractivity contribution in [1.29, 1.82) is 0 Å². The van der Waals surface area contributed by atoms with Gasteiger partial charge in [-0.05, 0) is 30.0 Å². The van der Waals surface area contributed by atoms with Crippen LogP contribution in [0.4, 0.5) is 5.69 Å². The molecular weight excluding hydrogens is 294 g/mol. The summed E-state index contributed by atoms with van der Waals surface area (Å²) >= 11 is 1.71. The minimum absolute atomic E-state index is 0.179. The van der Waals surface area contributed by atoms with E-state index in [1.54, 1.807) is 18.0 Å². The van der Waals surface area contributed by atoms with E-state index in [1.807, 2.05) is 30.5 Å². The maximum atomic E-state index is 12.2. The molecule has 3 rings (SSSR count). The highest BCUT2D eigenvalue weighted by Crippen LogP contribution is 2.29. The van der Waals surface area contributed by atoms with E-state index in [0.717, 1.165) is 16.8 Å². The van der Waals surface area contributed by atoms with Gasteiger partial charge in [0.05, 0.1) is 11.8 Å². The number of carbonyl (C=O) groups is 1. The molecule has 22 heavy (non-hydrogen) atoms. The van der Waals surface area contributed by atoms with Crippen molar-refractivity contribution in [2.24, 2.45) is 0 Å². The maximum Gasteiger partial charge on any atom is 0.258 e. The van der Waals surface area contributed by atoms with Gasteiger partial charge >= 0.3 is 0 Å². The third kappa shape index (κ3) is 3.04. The molecule has 1 heterocycles. The Labute approximate surface area is 133 Å². The summed E-state index contributed by atoms with van der Waals surface area (Å²) < 4.78 is 0. The van der Waals surface area contributed by atoms with Crippen molar-refractivity contribution >= 4 is 23.4 Å². The van der Waals surface area contributed by atoms with Crippen molar-refractivity contribution in [3.63, 3.8) is 0 Å². The van der Waals surface area contributed by atoms with E-state index in [9.17, 15) is 4.79 Å². The quantitative estimate of drug-likeness (QED) is 0.715. The molecule has 0 aliphatic rings. The van der Waals surface area contributed by atoms with Gasteiger partial charge in [-0.25, -0.2) is 0 Å². The minimum Gasteiger partial charge on any atom is -0.321 e. The molecule has 0 spiro atoms. The number of benzene rings is 2. The van der Waals surface area contributed by atoms with Gasteiger partial charge in [-0.15, -0.1) is 11.8 Å². The Morgan fingerprint density at radius 1 is 1.14 bits per heavy atom. The summed E-state index contributed by atoms with van der Waals surface area (Å²) in [5, 5.41) is 9.37. The van der Waals surface area contributed by atoms with Gasteiger partial charge < -0.3 is 5.32 Å². The lowest BCUT2D eigenvalue weighted by Crippen LogP contribution is -2.11. The van der Waals surface area contributed by atoms with Crippen LogP contribution in [0.2, 0.25) is 0 Å². The van der Waals surface area contributed by atoms with Crippen molar-refractivity contribution in [2.45, 2.75) is 4.90 Å². The number of hydrogen-bond acceptors (Lipinski definition) is 3. The summed E-state index contributed by atoms with van der Waals surface area (Å²) in [4.78, 5) is 13.4. The molecule has 5 heteroatoms. The van der Waals surface area contributed by atoms with E-state index < -0.39 is 0 Å². The lowest BCUT2D eigenvalue weighted by Gasteiger charge is -2.11. The number of carbonyl (C=O) groups excluding carboxylic acids is 1. The number of hydrogen-bond donors (Lipinski definition) is 2. The molecule has 0 aliphatic heterocycles. The molecular formula is C17H15N3OS. The van der Waals surface area contributed by atoms with E-state index in [-0.39, 0.29) is 5.91 Å². The van der Waals surface area contributed by atoms with E-state index in [0.29, 0.717) is 5.56 Å². The van der Waals surface area contributed by atoms with Gasteiger partial charge in [0.2, 0.25) is 0 Å². The molecule has 2 N–H and O–H groups in total. The van der Waals surface area contributed by atoms with Crippen LogP contribution >= 0.6 is 11.8 Å². The van der Waals surface area contributed by atoms with Crippen LogP contribution in [0.1, 0.15) is 10.4 Å². The molecule has 0 saturated carbocycles. The molecule has 0 fully saturated rings. The van der Waals surface area contributed by atoms with Gasteiger partial charge in [-0.3, -0.25) is 9.89 Å². The number of aromatic nitrogens is 2. The second-order valence-electron chi connectivity index (χ2n) is 4.72. The fourth-order valence-electron chi connectivity index (χ4n) is 2.18. The third-order valence-corrected chi connectivity index (χ3v) is 4.08. The third-order valence-electron chi connectivity index (χ3n) is 3.34. The number of rotatable bonds is 4. The first kappa shape index (κ1) is 14.4. The SMILES string of the molecule is CSc1ccc(-c2ccccc2NC(=O)c2cn[nH]c2)cc1. The number of anilines is 1. The average molecular weight is 309 g/mol. The van der Waals surface area contributed by atoms with Crippen LogP contribution in [0, 0.1) is 0 Å². The standard InChI is InChI=1S/C17H15N3OS/c1-22-14-8-6-12(7-9-14)15-4-2-3-5-16(15)20-17(21)13-10-18-19-11-13/h2-11H,1H3,(H,18,19)(H,20,21). The molecule has 0 bridgehead atoms. The lowest BCUT2D eigenvalue weighted by atomic mass is 10.0. The Kier molecular flexibility index (Phi) is 4.25. The number of thioether (sulfide) groups is 1. The second-order valence-corrected chi connectivity index (χ2v) is 5.59. The Bertz CT molecular complexity index is 767. The fourth-order valence-corrected chi connectivity index (χ4v) is 2.59. The van der Waals surface area contributed by atoms with Crippen LogP contribution in [-0.4, -0.2) is 22.4 Å². The molecule has 3 aromatic rings. The second kappa shape index (κ2) is 6.49. The molecule has 0 radical (unpaired) electrons. The first-order chi connectivity index (χ1) is 10.8. The predicted molar refractivity (Wildman–Crippen MR) is 90.2 cm³/mol. The first-order valence-corrected chi connectivity index (χ1v) is 8.04. The van der Waals surface area contributed by atoms with Gasteiger partial charge in [0.25, 0.3) is 5.91 Å². The largest absolute Gasteiger partial charge is 0.321 e. The molecule has 4 nitrogen and oxygen atoms in total. The van der Waals surface area contributed by atoms with E-state index in [1.165, 1.54) is 11.1 Å². The van der Waals surface area contributed by atoms with Crippen molar-refractivity contribution in [3.05, 3.63) is 66.5 Å². The Hall–Kier alpha value is -2.53. The summed E-state index contributed by atoms with van der Waals surface area (Å²) in [5.74, 6) is -0.179. The molecule has 110 valence electrons. The first-order valence-electron chi connectivity index (χ1n) is 6.81. The molecule has 0 saturated heterocycles. The molecule has 1 amide bonds. The zero-order chi connectivity index (χ0) is 15.4. The van der Waals surface area contributed by atoms with Crippen molar-refractivity contribution in [1.82, 2.24) is 10.2 Å². The Morgan fingerprint density at radius 3 is 2.59 bits per heavy atom. The summed E-state index contributed by atoms with van der Waals surface area (Å²) in [6.07, 6.45) is 5.13. The zero-order valence-electron chi connectivity index (χ0n) is 12.0. The smallest absolute Gasteiger partial charge is 0.258 e. The highest BCUT2D eigenvalue weighted by molar-refractivity contribution is 7.98. The molecule has 0 aliphatic carbocycles. The average Bonchev–Trinajstić information content (AvgIpc) is 3.10. The zero-order valence-corrected chi connectivity index (χ0v) is 12.9. The Balaban J connectivity index is 1.90. The lowest BCUT2D eigenvalue weighted by molar-refractivity contribution is 0.102. The van der Waals surface area contributed by atoms with Crippen LogP contribution in [0.15, 0.2) is 65.8 Å². The van der Waals surface area contributed by atoms with Crippen molar-refractivity contribution in [3.8, 4) is 11.1 Å². The normalized spacial score (nSPS) is 10.4. The van der Waals surface area contributed by atoms with Gasteiger partial charge in [-0.2, -0.15) is 5.10 Å². The van der Waals surface area contributed by atoms with E-state index >= 15 is 0 Å². The van der Waals surface area contributed by atoms with Crippen LogP contribution in [0.5, 0.6) is 0 Å². The number of aromatic amines is 1. The van der Waals surface area contributed by atoms with Crippen LogP contribution < -0.4 is 5.32 Å². The number of amides is 1. The fraction of sp³-hybridized carbons (Fsp3) is 0.0588. The van der Waals surface area contributed by atoms with Gasteiger partial charge in [0.1, 0.15) is 0 Å². The van der Waals surface area contributed by atoms with Gasteiger partial charge in [0, 0.05) is 22.3 Å². The van der Waals surface area contributed by atoms with Crippen molar-refractivity contribution < 1.29 is 4.79 Å². The summed E-state index contributed by atoms with van der Waals surface area (Å²) in [6.45, 7) is 0.